The molecule has 130 valence electrons. The number of benzene rings is 1. The number of urea groups is 1. The molecule has 6 heteroatoms. The van der Waals surface area contributed by atoms with E-state index < -0.39 is 17.7 Å². The van der Waals surface area contributed by atoms with E-state index in [4.69, 9.17) is 4.74 Å². The number of rotatable bonds is 5. The van der Waals surface area contributed by atoms with Gasteiger partial charge in [0, 0.05) is 0 Å². The van der Waals surface area contributed by atoms with E-state index >= 15 is 0 Å². The summed E-state index contributed by atoms with van der Waals surface area (Å²) in [6.45, 7) is 3.87. The minimum atomic E-state index is -0.921. The van der Waals surface area contributed by atoms with Crippen molar-refractivity contribution in [1.29, 1.82) is 0 Å². The number of aryl methyl sites for hydroxylation is 2. The molecule has 1 saturated carbocycles. The van der Waals surface area contributed by atoms with Crippen molar-refractivity contribution in [1.82, 2.24) is 10.2 Å². The number of aliphatic hydroxyl groups is 1. The van der Waals surface area contributed by atoms with E-state index in [2.05, 4.69) is 5.32 Å². The van der Waals surface area contributed by atoms with Gasteiger partial charge in [-0.2, -0.15) is 0 Å². The van der Waals surface area contributed by atoms with Gasteiger partial charge in [0.2, 0.25) is 0 Å². The van der Waals surface area contributed by atoms with Crippen LogP contribution in [0.15, 0.2) is 18.2 Å². The van der Waals surface area contributed by atoms with Gasteiger partial charge in [-0.25, -0.2) is 4.79 Å². The number of carbonyl (C=O) groups excluding carboxylic acids is 2. The van der Waals surface area contributed by atoms with Gasteiger partial charge in [0.15, 0.2) is 0 Å². The van der Waals surface area contributed by atoms with Crippen molar-refractivity contribution in [3.05, 3.63) is 29.3 Å². The summed E-state index contributed by atoms with van der Waals surface area (Å²) in [6, 6.07) is 5.42. The number of ether oxygens (including phenoxy) is 1. The van der Waals surface area contributed by atoms with Gasteiger partial charge >= 0.3 is 6.03 Å². The average Bonchev–Trinajstić information content (AvgIpc) is 3.08. The number of aliphatic hydroxyl groups excluding tert-OH is 1. The molecule has 1 aliphatic heterocycles. The molecule has 3 rings (SSSR count). The fraction of sp³-hybridized carbons (Fsp3) is 0.556. The van der Waals surface area contributed by atoms with Crippen molar-refractivity contribution in [3.8, 4) is 5.75 Å². The van der Waals surface area contributed by atoms with Gasteiger partial charge in [0.1, 0.15) is 24.0 Å². The molecule has 1 atom stereocenters. The summed E-state index contributed by atoms with van der Waals surface area (Å²) in [5, 5.41) is 13.0. The SMILES string of the molecule is Cc1cccc(C)c1OC[C@H](O)CN1C(=O)NC2(CCCC2)C1=O. The molecular formula is C18H24N2O4. The molecule has 0 aromatic heterocycles. The lowest BCUT2D eigenvalue weighted by Gasteiger charge is -2.22. The predicted molar refractivity (Wildman–Crippen MR) is 88.9 cm³/mol. The number of para-hydroxylation sites is 1. The molecule has 1 aromatic rings. The van der Waals surface area contributed by atoms with E-state index in [-0.39, 0.29) is 19.1 Å². The van der Waals surface area contributed by atoms with Gasteiger partial charge in [0.05, 0.1) is 6.54 Å². The summed E-state index contributed by atoms with van der Waals surface area (Å²) < 4.78 is 5.71. The second-order valence-corrected chi connectivity index (χ2v) is 6.82. The van der Waals surface area contributed by atoms with Crippen molar-refractivity contribution in [2.24, 2.45) is 0 Å². The second kappa shape index (κ2) is 6.43. The van der Waals surface area contributed by atoms with Gasteiger partial charge in [-0.05, 0) is 37.8 Å². The normalized spacial score (nSPS) is 20.5. The van der Waals surface area contributed by atoms with Crippen LogP contribution in [0.3, 0.4) is 0 Å². The quantitative estimate of drug-likeness (QED) is 0.807. The maximum absolute atomic E-state index is 12.5. The molecule has 24 heavy (non-hydrogen) atoms. The molecule has 2 aliphatic rings. The molecular weight excluding hydrogens is 308 g/mol. The zero-order valence-electron chi connectivity index (χ0n) is 14.2. The highest BCUT2D eigenvalue weighted by Gasteiger charge is 2.52. The fourth-order valence-electron chi connectivity index (χ4n) is 3.63. The lowest BCUT2D eigenvalue weighted by molar-refractivity contribution is -0.132. The number of carbonyl (C=O) groups is 2. The van der Waals surface area contributed by atoms with Crippen LogP contribution in [0.25, 0.3) is 0 Å². The van der Waals surface area contributed by atoms with Crippen LogP contribution in [0.1, 0.15) is 36.8 Å². The van der Waals surface area contributed by atoms with Crippen molar-refractivity contribution >= 4 is 11.9 Å². The van der Waals surface area contributed by atoms with Gasteiger partial charge < -0.3 is 15.2 Å². The number of nitrogens with zero attached hydrogens (tertiary/aromatic N) is 1. The van der Waals surface area contributed by atoms with Crippen molar-refractivity contribution in [3.63, 3.8) is 0 Å². The molecule has 3 amide bonds. The van der Waals surface area contributed by atoms with Crippen LogP contribution < -0.4 is 10.1 Å². The number of hydrogen-bond acceptors (Lipinski definition) is 4. The average molecular weight is 332 g/mol. The Balaban J connectivity index is 1.60. The first-order valence-corrected chi connectivity index (χ1v) is 8.44. The van der Waals surface area contributed by atoms with Crippen LogP contribution >= 0.6 is 0 Å². The van der Waals surface area contributed by atoms with E-state index in [1.807, 2.05) is 32.0 Å². The number of amides is 3. The molecule has 0 bridgehead atoms. The lowest BCUT2D eigenvalue weighted by Crippen LogP contribution is -2.45. The van der Waals surface area contributed by atoms with Crippen molar-refractivity contribution < 1.29 is 19.4 Å². The number of β-amino-alcohol motifs (C(OH)–C–C–N with tert-alkyl or cyclic N) is 1. The third-order valence-electron chi connectivity index (χ3n) is 4.93. The Kier molecular flexibility index (Phi) is 4.49. The molecule has 0 radical (unpaired) electrons. The smallest absolute Gasteiger partial charge is 0.325 e. The highest BCUT2D eigenvalue weighted by atomic mass is 16.5. The van der Waals surface area contributed by atoms with Crippen LogP contribution in [0, 0.1) is 13.8 Å². The summed E-state index contributed by atoms with van der Waals surface area (Å²) in [4.78, 5) is 25.8. The van der Waals surface area contributed by atoms with Crippen LogP contribution in [0.5, 0.6) is 5.75 Å². The number of imide groups is 1. The zero-order chi connectivity index (χ0) is 17.3. The lowest BCUT2D eigenvalue weighted by atomic mass is 9.98. The maximum atomic E-state index is 12.5. The van der Waals surface area contributed by atoms with Crippen LogP contribution in [-0.4, -0.2) is 46.7 Å². The minimum Gasteiger partial charge on any atom is -0.490 e. The monoisotopic (exact) mass is 332 g/mol. The minimum absolute atomic E-state index is 0.0375. The predicted octanol–water partition coefficient (Wildman–Crippen LogP) is 1.91. The van der Waals surface area contributed by atoms with Gasteiger partial charge in [-0.15, -0.1) is 0 Å². The molecule has 0 unspecified atom stereocenters. The Morgan fingerprint density at radius 2 is 1.88 bits per heavy atom. The first-order chi connectivity index (χ1) is 11.4. The first kappa shape index (κ1) is 16.8. The maximum Gasteiger partial charge on any atom is 0.325 e. The Bertz CT molecular complexity index is 632. The number of hydrogen-bond donors (Lipinski definition) is 2. The summed E-state index contributed by atoms with van der Waals surface area (Å²) in [5.74, 6) is 0.525. The standard InChI is InChI=1S/C18H24N2O4/c1-12-6-5-7-13(2)15(12)24-11-14(21)10-20-16(22)18(19-17(20)23)8-3-4-9-18/h5-7,14,21H,3-4,8-11H2,1-2H3,(H,19,23)/t14-/m1/s1. The van der Waals surface area contributed by atoms with Gasteiger partial charge in [-0.3, -0.25) is 9.69 Å². The summed E-state index contributed by atoms with van der Waals surface area (Å²) in [6.07, 6.45) is 2.33. The van der Waals surface area contributed by atoms with E-state index in [9.17, 15) is 14.7 Å². The number of nitrogens with one attached hydrogen (secondary N) is 1. The molecule has 1 heterocycles. The van der Waals surface area contributed by atoms with Crippen molar-refractivity contribution in [2.45, 2.75) is 51.2 Å². The third kappa shape index (κ3) is 2.98. The topological polar surface area (TPSA) is 78.9 Å². The van der Waals surface area contributed by atoms with Crippen LogP contribution in [0.2, 0.25) is 0 Å². The molecule has 2 N–H and O–H groups in total. The Labute approximate surface area is 141 Å². The molecule has 1 aliphatic carbocycles. The zero-order valence-corrected chi connectivity index (χ0v) is 14.2. The van der Waals surface area contributed by atoms with E-state index in [1.165, 1.54) is 0 Å². The Morgan fingerprint density at radius 3 is 2.50 bits per heavy atom. The summed E-state index contributed by atoms with van der Waals surface area (Å²) in [7, 11) is 0. The molecule has 1 aromatic carbocycles. The summed E-state index contributed by atoms with van der Waals surface area (Å²) in [5.41, 5.74) is 1.24. The highest BCUT2D eigenvalue weighted by Crippen LogP contribution is 2.35. The Hall–Kier alpha value is -2.08. The molecule has 2 fully saturated rings. The Morgan fingerprint density at radius 1 is 1.25 bits per heavy atom. The van der Waals surface area contributed by atoms with Gasteiger partial charge in [-0.1, -0.05) is 31.0 Å². The third-order valence-corrected chi connectivity index (χ3v) is 4.93. The van der Waals surface area contributed by atoms with Crippen LogP contribution in [0.4, 0.5) is 4.79 Å². The molecule has 1 spiro atoms. The first-order valence-electron chi connectivity index (χ1n) is 8.44. The fourth-order valence-corrected chi connectivity index (χ4v) is 3.63. The van der Waals surface area contributed by atoms with Gasteiger partial charge in [0.25, 0.3) is 5.91 Å². The second-order valence-electron chi connectivity index (χ2n) is 6.82. The highest BCUT2D eigenvalue weighted by molar-refractivity contribution is 6.07. The molecule has 6 nitrogen and oxygen atoms in total. The largest absolute Gasteiger partial charge is 0.490 e. The van der Waals surface area contributed by atoms with Crippen LogP contribution in [-0.2, 0) is 4.79 Å². The van der Waals surface area contributed by atoms with E-state index in [1.54, 1.807) is 0 Å². The summed E-state index contributed by atoms with van der Waals surface area (Å²) >= 11 is 0. The van der Waals surface area contributed by atoms with E-state index in [0.717, 1.165) is 34.6 Å². The van der Waals surface area contributed by atoms with Crippen molar-refractivity contribution in [2.75, 3.05) is 13.2 Å². The van der Waals surface area contributed by atoms with E-state index in [0.29, 0.717) is 12.8 Å². The molecule has 1 saturated heterocycles.